The Morgan fingerprint density at radius 1 is 1.08 bits per heavy atom. The van der Waals surface area contributed by atoms with Gasteiger partial charge in [-0.25, -0.2) is 4.98 Å². The van der Waals surface area contributed by atoms with Crippen LogP contribution in [-0.2, 0) is 4.79 Å². The zero-order valence-electron chi connectivity index (χ0n) is 15.2. The molecule has 0 saturated carbocycles. The molecule has 0 bridgehead atoms. The highest BCUT2D eigenvalue weighted by molar-refractivity contribution is 5.84. The number of nitrogens with zero attached hydrogens (tertiary/aromatic N) is 5. The average molecular weight is 349 g/mol. The van der Waals surface area contributed by atoms with E-state index in [1.54, 1.807) is 6.33 Å². The van der Waals surface area contributed by atoms with Gasteiger partial charge in [-0.3, -0.25) is 9.78 Å². The summed E-state index contributed by atoms with van der Waals surface area (Å²) in [6.45, 7) is 7.10. The van der Waals surface area contributed by atoms with Crippen LogP contribution in [-0.4, -0.2) is 51.5 Å². The number of hydrogen-bond acceptors (Lipinski definition) is 4. The maximum atomic E-state index is 13.0. The zero-order chi connectivity index (χ0) is 18.1. The van der Waals surface area contributed by atoms with Crippen molar-refractivity contribution in [3.8, 4) is 0 Å². The minimum absolute atomic E-state index is 0.152. The normalized spacial score (nSPS) is 16.1. The molecule has 1 aliphatic rings. The number of carbonyl (C=O) groups is 1. The van der Waals surface area contributed by atoms with Crippen molar-refractivity contribution >= 4 is 22.6 Å². The number of benzene rings is 1. The predicted molar refractivity (Wildman–Crippen MR) is 102 cm³/mol. The second-order valence-corrected chi connectivity index (χ2v) is 6.78. The molecule has 3 heterocycles. The summed E-state index contributed by atoms with van der Waals surface area (Å²) < 4.78 is 1.97. The first-order valence-corrected chi connectivity index (χ1v) is 9.01. The van der Waals surface area contributed by atoms with Gasteiger partial charge in [-0.15, -0.1) is 0 Å². The van der Waals surface area contributed by atoms with Crippen LogP contribution in [0.4, 0.5) is 5.69 Å². The molecule has 1 aliphatic heterocycles. The fourth-order valence-corrected chi connectivity index (χ4v) is 3.58. The van der Waals surface area contributed by atoms with Crippen LogP contribution < -0.4 is 4.90 Å². The summed E-state index contributed by atoms with van der Waals surface area (Å²) in [6, 6.07) is 11.8. The van der Waals surface area contributed by atoms with E-state index in [9.17, 15) is 4.79 Å². The minimum atomic E-state index is -0.253. The lowest BCUT2D eigenvalue weighted by molar-refractivity contribution is -0.134. The Morgan fingerprint density at radius 2 is 1.85 bits per heavy atom. The fraction of sp³-hybridized carbons (Fsp3) is 0.350. The number of aromatic nitrogens is 3. The van der Waals surface area contributed by atoms with Crippen LogP contribution in [0.25, 0.3) is 11.0 Å². The lowest BCUT2D eigenvalue weighted by Crippen LogP contribution is -2.50. The first kappa shape index (κ1) is 16.6. The first-order chi connectivity index (χ1) is 12.6. The van der Waals surface area contributed by atoms with Gasteiger partial charge in [0.2, 0.25) is 5.91 Å². The second kappa shape index (κ2) is 6.78. The molecule has 1 fully saturated rings. The Balaban J connectivity index is 1.45. The third-order valence-corrected chi connectivity index (χ3v) is 5.09. The molecule has 1 aromatic carbocycles. The topological polar surface area (TPSA) is 54.3 Å². The Labute approximate surface area is 153 Å². The highest BCUT2D eigenvalue weighted by Gasteiger charge is 2.26. The van der Waals surface area contributed by atoms with E-state index in [-0.39, 0.29) is 11.9 Å². The van der Waals surface area contributed by atoms with E-state index >= 15 is 0 Å². The molecular formula is C20H23N5O. The molecule has 1 amide bonds. The largest absolute Gasteiger partial charge is 0.368 e. The van der Waals surface area contributed by atoms with Gasteiger partial charge in [0.15, 0.2) is 0 Å². The smallest absolute Gasteiger partial charge is 0.245 e. The first-order valence-electron chi connectivity index (χ1n) is 9.01. The van der Waals surface area contributed by atoms with E-state index in [0.717, 1.165) is 42.9 Å². The van der Waals surface area contributed by atoms with Crippen molar-refractivity contribution in [1.82, 2.24) is 19.4 Å². The fourth-order valence-electron chi connectivity index (χ4n) is 3.58. The van der Waals surface area contributed by atoms with Crippen molar-refractivity contribution in [2.24, 2.45) is 0 Å². The monoisotopic (exact) mass is 349 g/mol. The van der Waals surface area contributed by atoms with Crippen molar-refractivity contribution < 1.29 is 4.79 Å². The molecule has 0 spiro atoms. The Hall–Kier alpha value is -2.89. The van der Waals surface area contributed by atoms with E-state index in [1.165, 1.54) is 5.69 Å². The van der Waals surface area contributed by atoms with E-state index < -0.39 is 0 Å². The van der Waals surface area contributed by atoms with Crippen molar-refractivity contribution in [3.63, 3.8) is 0 Å². The summed E-state index contributed by atoms with van der Waals surface area (Å²) in [5.41, 5.74) is 4.11. The molecule has 0 aliphatic carbocycles. The molecule has 1 atom stereocenters. The van der Waals surface area contributed by atoms with Crippen LogP contribution in [0.15, 0.2) is 48.9 Å². The Bertz CT molecular complexity index is 927. The molecule has 1 saturated heterocycles. The van der Waals surface area contributed by atoms with Crippen LogP contribution in [0, 0.1) is 6.92 Å². The van der Waals surface area contributed by atoms with Crippen LogP contribution in [0.3, 0.4) is 0 Å². The predicted octanol–water partition coefficient (Wildman–Crippen LogP) is 2.65. The van der Waals surface area contributed by atoms with E-state index in [0.29, 0.717) is 0 Å². The Morgan fingerprint density at radius 3 is 2.62 bits per heavy atom. The summed E-state index contributed by atoms with van der Waals surface area (Å²) in [5, 5.41) is 0. The van der Waals surface area contributed by atoms with Gasteiger partial charge >= 0.3 is 0 Å². The van der Waals surface area contributed by atoms with Crippen LogP contribution in [0.5, 0.6) is 0 Å². The van der Waals surface area contributed by atoms with Gasteiger partial charge in [0, 0.05) is 43.8 Å². The highest BCUT2D eigenvalue weighted by Crippen LogP contribution is 2.21. The second-order valence-electron chi connectivity index (χ2n) is 6.78. The molecule has 0 radical (unpaired) electrons. The maximum Gasteiger partial charge on any atom is 0.245 e. The van der Waals surface area contributed by atoms with Crippen molar-refractivity contribution in [1.29, 1.82) is 0 Å². The molecule has 6 nitrogen and oxygen atoms in total. The number of hydrogen-bond donors (Lipinski definition) is 0. The van der Waals surface area contributed by atoms with Crippen LogP contribution in [0.2, 0.25) is 0 Å². The maximum absolute atomic E-state index is 13.0. The zero-order valence-corrected chi connectivity index (χ0v) is 15.2. The molecule has 0 unspecified atom stereocenters. The molecule has 134 valence electrons. The summed E-state index contributed by atoms with van der Waals surface area (Å²) in [5.74, 6) is 0.152. The number of rotatable bonds is 3. The van der Waals surface area contributed by atoms with Crippen molar-refractivity contribution in [2.45, 2.75) is 19.9 Å². The van der Waals surface area contributed by atoms with Gasteiger partial charge < -0.3 is 14.4 Å². The number of para-hydroxylation sites is 2. The molecule has 2 aromatic heterocycles. The van der Waals surface area contributed by atoms with Gasteiger partial charge in [-0.05, 0) is 38.1 Å². The Kier molecular flexibility index (Phi) is 4.32. The number of anilines is 1. The SMILES string of the molecule is Cc1cc(N2CCN(C(=O)[C@@H](C)n3cnc4ccccc43)CC2)ccn1. The number of fused-ring (bicyclic) bond motifs is 1. The number of imidazole rings is 1. The third kappa shape index (κ3) is 3.03. The number of piperazine rings is 1. The third-order valence-electron chi connectivity index (χ3n) is 5.09. The minimum Gasteiger partial charge on any atom is -0.368 e. The molecule has 26 heavy (non-hydrogen) atoms. The molecule has 0 N–H and O–H groups in total. The number of pyridine rings is 1. The van der Waals surface area contributed by atoms with E-state index in [1.807, 2.05) is 59.8 Å². The number of aryl methyl sites for hydroxylation is 1. The molecule has 3 aromatic rings. The average Bonchev–Trinajstić information content (AvgIpc) is 3.11. The van der Waals surface area contributed by atoms with Gasteiger partial charge in [-0.1, -0.05) is 12.1 Å². The molecule has 4 rings (SSSR count). The summed E-state index contributed by atoms with van der Waals surface area (Å²) in [4.78, 5) is 25.9. The molecular weight excluding hydrogens is 326 g/mol. The standard InChI is InChI=1S/C20H23N5O/c1-15-13-17(7-8-21-15)23-9-11-24(12-10-23)20(26)16(2)25-14-22-18-5-3-4-6-19(18)25/h3-8,13-14,16H,9-12H2,1-2H3/t16-/m1/s1. The van der Waals surface area contributed by atoms with Gasteiger partial charge in [0.05, 0.1) is 17.4 Å². The van der Waals surface area contributed by atoms with Crippen molar-refractivity contribution in [3.05, 3.63) is 54.6 Å². The lowest BCUT2D eigenvalue weighted by atomic mass is 10.2. The number of amides is 1. The highest BCUT2D eigenvalue weighted by atomic mass is 16.2. The van der Waals surface area contributed by atoms with E-state index in [4.69, 9.17) is 0 Å². The summed E-state index contributed by atoms with van der Waals surface area (Å²) >= 11 is 0. The van der Waals surface area contributed by atoms with Crippen LogP contribution >= 0.6 is 0 Å². The van der Waals surface area contributed by atoms with Gasteiger partial charge in [0.25, 0.3) is 0 Å². The summed E-state index contributed by atoms with van der Waals surface area (Å²) in [7, 11) is 0. The lowest BCUT2D eigenvalue weighted by Gasteiger charge is -2.37. The molecule has 6 heteroatoms. The van der Waals surface area contributed by atoms with Crippen LogP contribution in [0.1, 0.15) is 18.7 Å². The number of carbonyl (C=O) groups excluding carboxylic acids is 1. The quantitative estimate of drug-likeness (QED) is 0.729. The van der Waals surface area contributed by atoms with Gasteiger partial charge in [0.1, 0.15) is 6.04 Å². The van der Waals surface area contributed by atoms with Crippen molar-refractivity contribution in [2.75, 3.05) is 31.1 Å². The van der Waals surface area contributed by atoms with E-state index in [2.05, 4.69) is 20.9 Å². The summed E-state index contributed by atoms with van der Waals surface area (Å²) in [6.07, 6.45) is 3.61. The van der Waals surface area contributed by atoms with Gasteiger partial charge in [-0.2, -0.15) is 0 Å².